The molecule has 1 amide bonds. The summed E-state index contributed by atoms with van der Waals surface area (Å²) in [6.07, 6.45) is 4.00. The minimum atomic E-state index is -0.168. The van der Waals surface area contributed by atoms with E-state index in [-0.39, 0.29) is 5.91 Å². The van der Waals surface area contributed by atoms with Crippen LogP contribution in [0.15, 0.2) is 87.6 Å². The van der Waals surface area contributed by atoms with Crippen molar-refractivity contribution in [2.45, 2.75) is 6.54 Å². The van der Waals surface area contributed by atoms with Crippen LogP contribution in [0.1, 0.15) is 11.1 Å². The molecule has 1 aromatic heterocycles. The number of amides is 1. The maximum Gasteiger partial charge on any atom is 0.281 e. The Morgan fingerprint density at radius 2 is 1.65 bits per heavy atom. The second kappa shape index (κ2) is 9.30. The summed E-state index contributed by atoms with van der Waals surface area (Å²) in [6.45, 7) is 0.716. The molecule has 4 aromatic rings. The van der Waals surface area contributed by atoms with Crippen molar-refractivity contribution in [2.24, 2.45) is 0 Å². The molecule has 0 aliphatic carbocycles. The SMILES string of the molecule is CN1C(=S)N(c2ccc(Cl)cc2)C(=O)/C1=C/c1cn(Cc2ccc(Br)cc2)c2ccc(Br)cc12. The number of fused-ring (bicyclic) bond motifs is 1. The minimum absolute atomic E-state index is 0.168. The van der Waals surface area contributed by atoms with Crippen LogP contribution in [0.2, 0.25) is 5.02 Å². The molecule has 3 aromatic carbocycles. The Hall–Kier alpha value is -2.45. The van der Waals surface area contributed by atoms with Crippen LogP contribution in [0.3, 0.4) is 0 Å². The fourth-order valence-corrected chi connectivity index (χ4v) is 5.09. The van der Waals surface area contributed by atoms with E-state index in [4.69, 9.17) is 23.8 Å². The number of rotatable bonds is 4. The second-order valence-corrected chi connectivity index (χ2v) is 10.6. The number of aromatic nitrogens is 1. The first-order valence-electron chi connectivity index (χ1n) is 10.4. The van der Waals surface area contributed by atoms with Crippen molar-refractivity contribution in [2.75, 3.05) is 11.9 Å². The Labute approximate surface area is 224 Å². The van der Waals surface area contributed by atoms with E-state index >= 15 is 0 Å². The monoisotopic (exact) mass is 613 g/mol. The zero-order valence-corrected chi connectivity index (χ0v) is 22.7. The molecule has 1 aliphatic heterocycles. The largest absolute Gasteiger partial charge is 0.342 e. The molecule has 0 radical (unpaired) electrons. The molecule has 0 atom stereocenters. The van der Waals surface area contributed by atoms with Gasteiger partial charge in [0.2, 0.25) is 0 Å². The molecule has 170 valence electrons. The molecule has 0 bridgehead atoms. The van der Waals surface area contributed by atoms with E-state index in [1.54, 1.807) is 29.2 Å². The highest BCUT2D eigenvalue weighted by atomic mass is 79.9. The molecular formula is C26H18Br2ClN3OS. The second-order valence-electron chi connectivity index (χ2n) is 7.99. The lowest BCUT2D eigenvalue weighted by Gasteiger charge is -2.16. The number of hydrogen-bond acceptors (Lipinski definition) is 2. The third kappa shape index (κ3) is 4.33. The highest BCUT2D eigenvalue weighted by molar-refractivity contribution is 9.10. The number of halogens is 3. The standard InChI is InChI=1S/C26H18Br2ClN3OS/c1-30-24(25(33)32(26(30)34)21-9-7-20(29)8-10-21)12-17-15-31(14-16-2-4-18(27)5-3-16)23-11-6-19(28)13-22(17)23/h2-13,15H,14H2,1H3/b24-12-. The van der Waals surface area contributed by atoms with E-state index in [0.717, 1.165) is 25.4 Å². The van der Waals surface area contributed by atoms with Crippen molar-refractivity contribution in [3.8, 4) is 0 Å². The molecular weight excluding hydrogens is 598 g/mol. The molecule has 0 N–H and O–H groups in total. The molecule has 0 spiro atoms. The number of carbonyl (C=O) groups excluding carboxylic acids is 1. The predicted octanol–water partition coefficient (Wildman–Crippen LogP) is 7.47. The Balaban J connectivity index is 1.57. The van der Waals surface area contributed by atoms with Gasteiger partial charge in [-0.25, -0.2) is 0 Å². The first kappa shape index (κ1) is 23.3. The first-order valence-corrected chi connectivity index (χ1v) is 12.8. The molecule has 8 heteroatoms. The fraction of sp³-hybridized carbons (Fsp3) is 0.0769. The van der Waals surface area contributed by atoms with Crippen LogP contribution in [0.4, 0.5) is 5.69 Å². The predicted molar refractivity (Wildman–Crippen MR) is 150 cm³/mol. The maximum absolute atomic E-state index is 13.4. The molecule has 4 nitrogen and oxygen atoms in total. The summed E-state index contributed by atoms with van der Waals surface area (Å²) < 4.78 is 4.23. The van der Waals surface area contributed by atoms with Gasteiger partial charge >= 0.3 is 0 Å². The Morgan fingerprint density at radius 3 is 2.35 bits per heavy atom. The molecule has 2 heterocycles. The zero-order valence-electron chi connectivity index (χ0n) is 18.0. The van der Waals surface area contributed by atoms with Crippen LogP contribution in [0, 0.1) is 0 Å². The summed E-state index contributed by atoms with van der Waals surface area (Å²) in [6, 6.07) is 21.6. The number of likely N-dealkylation sites (N-methyl/N-ethyl adjacent to an activating group) is 1. The smallest absolute Gasteiger partial charge is 0.281 e. The van der Waals surface area contributed by atoms with Crippen molar-refractivity contribution >= 4 is 89.4 Å². The van der Waals surface area contributed by atoms with Gasteiger partial charge in [0.25, 0.3) is 5.91 Å². The van der Waals surface area contributed by atoms with Gasteiger partial charge < -0.3 is 9.47 Å². The van der Waals surface area contributed by atoms with Gasteiger partial charge in [-0.2, -0.15) is 0 Å². The lowest BCUT2D eigenvalue weighted by atomic mass is 10.1. The maximum atomic E-state index is 13.4. The Kier molecular flexibility index (Phi) is 6.37. The van der Waals surface area contributed by atoms with Gasteiger partial charge in [0.1, 0.15) is 5.70 Å². The van der Waals surface area contributed by atoms with Crippen LogP contribution in [0.25, 0.3) is 17.0 Å². The van der Waals surface area contributed by atoms with Crippen LogP contribution in [-0.4, -0.2) is 27.5 Å². The lowest BCUT2D eigenvalue weighted by molar-refractivity contribution is -0.114. The number of nitrogens with zero attached hydrogens (tertiary/aromatic N) is 3. The van der Waals surface area contributed by atoms with Gasteiger partial charge in [0.05, 0.1) is 5.69 Å². The molecule has 0 saturated carbocycles. The van der Waals surface area contributed by atoms with Crippen molar-refractivity contribution in [3.63, 3.8) is 0 Å². The van der Waals surface area contributed by atoms with Crippen LogP contribution in [-0.2, 0) is 11.3 Å². The van der Waals surface area contributed by atoms with E-state index in [2.05, 4.69) is 66.9 Å². The highest BCUT2D eigenvalue weighted by Crippen LogP contribution is 2.32. The van der Waals surface area contributed by atoms with Crippen LogP contribution in [0.5, 0.6) is 0 Å². The third-order valence-electron chi connectivity index (χ3n) is 5.78. The average Bonchev–Trinajstić information content (AvgIpc) is 3.25. The topological polar surface area (TPSA) is 28.5 Å². The first-order chi connectivity index (χ1) is 16.3. The number of carbonyl (C=O) groups is 1. The number of hydrogen-bond donors (Lipinski definition) is 0. The van der Waals surface area contributed by atoms with Crippen LogP contribution >= 0.6 is 55.7 Å². The molecule has 5 rings (SSSR count). The van der Waals surface area contributed by atoms with E-state index in [9.17, 15) is 4.79 Å². The minimum Gasteiger partial charge on any atom is -0.342 e. The Bertz CT molecular complexity index is 1460. The highest BCUT2D eigenvalue weighted by Gasteiger charge is 2.37. The van der Waals surface area contributed by atoms with Crippen molar-refractivity contribution in [3.05, 3.63) is 104 Å². The number of thiocarbonyl (C=S) groups is 1. The summed E-state index contributed by atoms with van der Waals surface area (Å²) in [5.74, 6) is -0.168. The third-order valence-corrected chi connectivity index (χ3v) is 7.51. The van der Waals surface area contributed by atoms with E-state index < -0.39 is 0 Å². The summed E-state index contributed by atoms with van der Waals surface area (Å²) in [5, 5.41) is 2.09. The van der Waals surface area contributed by atoms with Gasteiger partial charge in [0.15, 0.2) is 5.11 Å². The van der Waals surface area contributed by atoms with E-state index in [1.165, 1.54) is 10.5 Å². The fourth-order valence-electron chi connectivity index (χ4n) is 4.05. The summed E-state index contributed by atoms with van der Waals surface area (Å²) in [7, 11) is 1.82. The molecule has 34 heavy (non-hydrogen) atoms. The normalized spacial score (nSPS) is 15.2. The van der Waals surface area contributed by atoms with Crippen LogP contribution < -0.4 is 4.90 Å². The summed E-state index contributed by atoms with van der Waals surface area (Å²) >= 11 is 18.7. The van der Waals surface area contributed by atoms with Crippen molar-refractivity contribution in [1.82, 2.24) is 9.47 Å². The quantitative estimate of drug-likeness (QED) is 0.176. The average molecular weight is 616 g/mol. The van der Waals surface area contributed by atoms with Gasteiger partial charge in [-0.1, -0.05) is 55.6 Å². The summed E-state index contributed by atoms with van der Waals surface area (Å²) in [4.78, 5) is 16.7. The number of anilines is 1. The van der Waals surface area contributed by atoms with Gasteiger partial charge in [0, 0.05) is 50.2 Å². The van der Waals surface area contributed by atoms with Crippen molar-refractivity contribution < 1.29 is 4.79 Å². The van der Waals surface area contributed by atoms with E-state index in [1.807, 2.05) is 31.3 Å². The van der Waals surface area contributed by atoms with Gasteiger partial charge in [-0.15, -0.1) is 0 Å². The summed E-state index contributed by atoms with van der Waals surface area (Å²) in [5.41, 5.74) is 4.43. The molecule has 0 unspecified atom stereocenters. The van der Waals surface area contributed by atoms with Gasteiger partial charge in [-0.05, 0) is 78.5 Å². The van der Waals surface area contributed by atoms with Gasteiger partial charge in [-0.3, -0.25) is 9.69 Å². The molecule has 1 saturated heterocycles. The van der Waals surface area contributed by atoms with E-state index in [0.29, 0.717) is 28.1 Å². The molecule has 1 fully saturated rings. The van der Waals surface area contributed by atoms with Crippen molar-refractivity contribution in [1.29, 1.82) is 0 Å². The zero-order chi connectivity index (χ0) is 24.0. The Morgan fingerprint density at radius 1 is 0.971 bits per heavy atom. The lowest BCUT2D eigenvalue weighted by Crippen LogP contribution is -2.31. The molecule has 1 aliphatic rings. The number of benzene rings is 3.